The van der Waals surface area contributed by atoms with E-state index in [1.165, 1.54) is 12.8 Å². The van der Waals surface area contributed by atoms with Gasteiger partial charge in [-0.1, -0.05) is 51.1 Å². The summed E-state index contributed by atoms with van der Waals surface area (Å²) in [5, 5.41) is 7.28. The molecule has 142 valence electrons. The van der Waals surface area contributed by atoms with Crippen LogP contribution >= 0.6 is 0 Å². The highest BCUT2D eigenvalue weighted by Gasteiger charge is 2.33. The summed E-state index contributed by atoms with van der Waals surface area (Å²) < 4.78 is 5.65. The van der Waals surface area contributed by atoms with Crippen LogP contribution in [0.4, 0.5) is 5.69 Å². The SMILES string of the molecule is CC.CC[C@@H](CC(=O)Nc1ccccc1)c1noc(C2CC(C)C2)c1C. The zero-order chi connectivity index (χ0) is 19.1. The molecular formula is C22H32N2O2. The fourth-order valence-electron chi connectivity index (χ4n) is 3.63. The van der Waals surface area contributed by atoms with E-state index in [4.69, 9.17) is 4.52 Å². The van der Waals surface area contributed by atoms with Gasteiger partial charge in [0.05, 0.1) is 5.69 Å². The van der Waals surface area contributed by atoms with Crippen molar-refractivity contribution in [1.29, 1.82) is 0 Å². The molecular weight excluding hydrogens is 324 g/mol. The summed E-state index contributed by atoms with van der Waals surface area (Å²) in [6.07, 6.45) is 3.66. The van der Waals surface area contributed by atoms with E-state index in [0.29, 0.717) is 12.3 Å². The van der Waals surface area contributed by atoms with Crippen LogP contribution in [0.2, 0.25) is 0 Å². The monoisotopic (exact) mass is 356 g/mol. The van der Waals surface area contributed by atoms with Crippen LogP contribution in [-0.2, 0) is 4.79 Å². The molecule has 0 spiro atoms. The Balaban J connectivity index is 0.00000117. The highest BCUT2D eigenvalue weighted by Crippen LogP contribution is 2.43. The second-order valence-corrected chi connectivity index (χ2v) is 7.05. The van der Waals surface area contributed by atoms with Crippen molar-refractivity contribution >= 4 is 11.6 Å². The Morgan fingerprint density at radius 1 is 1.27 bits per heavy atom. The van der Waals surface area contributed by atoms with Gasteiger partial charge in [0.25, 0.3) is 0 Å². The molecule has 4 heteroatoms. The molecule has 0 aliphatic heterocycles. The van der Waals surface area contributed by atoms with Gasteiger partial charge in [-0.3, -0.25) is 4.79 Å². The molecule has 0 unspecified atom stereocenters. The van der Waals surface area contributed by atoms with Crippen LogP contribution in [0.1, 0.15) is 82.2 Å². The van der Waals surface area contributed by atoms with Gasteiger partial charge >= 0.3 is 0 Å². The summed E-state index contributed by atoms with van der Waals surface area (Å²) in [5.41, 5.74) is 2.93. The third-order valence-corrected chi connectivity index (χ3v) is 5.11. The lowest BCUT2D eigenvalue weighted by atomic mass is 9.73. The Hall–Kier alpha value is -2.10. The minimum absolute atomic E-state index is 0.0225. The van der Waals surface area contributed by atoms with E-state index >= 15 is 0 Å². The maximum atomic E-state index is 12.3. The van der Waals surface area contributed by atoms with Crippen LogP contribution < -0.4 is 5.32 Å². The maximum Gasteiger partial charge on any atom is 0.225 e. The first-order valence-corrected chi connectivity index (χ1v) is 9.89. The van der Waals surface area contributed by atoms with Gasteiger partial charge in [0, 0.05) is 29.5 Å². The summed E-state index contributed by atoms with van der Waals surface area (Å²) in [6, 6.07) is 9.57. The Kier molecular flexibility index (Phi) is 7.43. The van der Waals surface area contributed by atoms with Crippen LogP contribution in [0.3, 0.4) is 0 Å². The first-order chi connectivity index (χ1) is 12.6. The average Bonchev–Trinajstić information content (AvgIpc) is 3.00. The minimum atomic E-state index is 0.0225. The number of para-hydroxylation sites is 1. The fraction of sp³-hybridized carbons (Fsp3) is 0.545. The Morgan fingerprint density at radius 3 is 2.50 bits per heavy atom. The largest absolute Gasteiger partial charge is 0.361 e. The van der Waals surface area contributed by atoms with Gasteiger partial charge in [-0.15, -0.1) is 0 Å². The number of anilines is 1. The molecule has 4 nitrogen and oxygen atoms in total. The number of aromatic nitrogens is 1. The van der Waals surface area contributed by atoms with Crippen LogP contribution in [0.5, 0.6) is 0 Å². The molecule has 1 aromatic heterocycles. The number of carbonyl (C=O) groups excluding carboxylic acids is 1. The first-order valence-electron chi connectivity index (χ1n) is 9.89. The smallest absolute Gasteiger partial charge is 0.225 e. The Labute approximate surface area is 157 Å². The molecule has 1 heterocycles. The van der Waals surface area contributed by atoms with E-state index in [-0.39, 0.29) is 11.8 Å². The number of rotatable bonds is 6. The Bertz CT molecular complexity index is 687. The van der Waals surface area contributed by atoms with Crippen LogP contribution in [0.25, 0.3) is 0 Å². The number of hydrogen-bond donors (Lipinski definition) is 1. The molecule has 3 rings (SSSR count). The predicted octanol–water partition coefficient (Wildman–Crippen LogP) is 6.05. The minimum Gasteiger partial charge on any atom is -0.361 e. The third-order valence-electron chi connectivity index (χ3n) is 5.11. The molecule has 0 radical (unpaired) electrons. The van der Waals surface area contributed by atoms with Gasteiger partial charge in [0.2, 0.25) is 5.91 Å². The van der Waals surface area contributed by atoms with E-state index in [1.54, 1.807) is 0 Å². The second-order valence-electron chi connectivity index (χ2n) is 7.05. The Morgan fingerprint density at radius 2 is 1.92 bits per heavy atom. The van der Waals surface area contributed by atoms with Gasteiger partial charge in [0.1, 0.15) is 5.76 Å². The molecule has 1 fully saturated rings. The zero-order valence-corrected chi connectivity index (χ0v) is 16.7. The second kappa shape index (κ2) is 9.56. The van der Waals surface area contributed by atoms with Crippen molar-refractivity contribution in [2.75, 3.05) is 5.32 Å². The lowest BCUT2D eigenvalue weighted by Crippen LogP contribution is -2.19. The number of nitrogens with one attached hydrogen (secondary N) is 1. The molecule has 1 saturated carbocycles. The zero-order valence-electron chi connectivity index (χ0n) is 16.7. The van der Waals surface area contributed by atoms with Crippen molar-refractivity contribution < 1.29 is 9.32 Å². The fourth-order valence-corrected chi connectivity index (χ4v) is 3.63. The molecule has 1 aliphatic rings. The van der Waals surface area contributed by atoms with E-state index in [9.17, 15) is 4.79 Å². The highest BCUT2D eigenvalue weighted by molar-refractivity contribution is 5.91. The normalized spacial score (nSPS) is 19.7. The molecule has 1 aliphatic carbocycles. The van der Waals surface area contributed by atoms with Crippen molar-refractivity contribution in [3.05, 3.63) is 47.3 Å². The molecule has 1 N–H and O–H groups in total. The van der Waals surface area contributed by atoms with Gasteiger partial charge < -0.3 is 9.84 Å². The van der Waals surface area contributed by atoms with Gasteiger partial charge in [-0.2, -0.15) is 0 Å². The molecule has 2 aromatic rings. The summed E-state index contributed by atoms with van der Waals surface area (Å²) in [6.45, 7) is 10.5. The van der Waals surface area contributed by atoms with Gasteiger partial charge in [-0.25, -0.2) is 0 Å². The quantitative estimate of drug-likeness (QED) is 0.686. The molecule has 1 atom stereocenters. The number of carbonyl (C=O) groups is 1. The molecule has 1 amide bonds. The summed E-state index contributed by atoms with van der Waals surface area (Å²) in [4.78, 5) is 12.3. The first kappa shape index (κ1) is 20.2. The van der Waals surface area contributed by atoms with Crippen LogP contribution in [0, 0.1) is 12.8 Å². The van der Waals surface area contributed by atoms with Crippen LogP contribution in [-0.4, -0.2) is 11.1 Å². The number of amides is 1. The highest BCUT2D eigenvalue weighted by atomic mass is 16.5. The van der Waals surface area contributed by atoms with Crippen molar-refractivity contribution in [2.45, 2.75) is 72.1 Å². The third kappa shape index (κ3) is 4.75. The standard InChI is InChI=1S/C20H26N2O2.C2H6/c1-4-15(12-18(23)21-17-8-6-5-7-9-17)19-14(3)20(24-22-19)16-10-13(2)11-16;1-2/h5-9,13,15-16H,4,10-12H2,1-3H3,(H,21,23);1-2H3/t13?,15-,16?;/m0./s1. The van der Waals surface area contributed by atoms with Crippen molar-refractivity contribution in [1.82, 2.24) is 5.16 Å². The summed E-state index contributed by atoms with van der Waals surface area (Å²) in [5.74, 6) is 2.45. The van der Waals surface area contributed by atoms with Crippen molar-refractivity contribution in [3.63, 3.8) is 0 Å². The molecule has 0 saturated heterocycles. The van der Waals surface area contributed by atoms with E-state index in [2.05, 4.69) is 31.2 Å². The lowest BCUT2D eigenvalue weighted by Gasteiger charge is -2.30. The van der Waals surface area contributed by atoms with Gasteiger partial charge in [0.15, 0.2) is 0 Å². The molecule has 0 bridgehead atoms. The number of nitrogens with zero attached hydrogens (tertiary/aromatic N) is 1. The molecule has 1 aromatic carbocycles. The van der Waals surface area contributed by atoms with E-state index in [1.807, 2.05) is 44.2 Å². The number of hydrogen-bond acceptors (Lipinski definition) is 3. The van der Waals surface area contributed by atoms with E-state index in [0.717, 1.165) is 35.0 Å². The van der Waals surface area contributed by atoms with E-state index < -0.39 is 0 Å². The number of benzene rings is 1. The van der Waals surface area contributed by atoms with Gasteiger partial charge in [-0.05, 0) is 44.2 Å². The average molecular weight is 357 g/mol. The predicted molar refractivity (Wildman–Crippen MR) is 106 cm³/mol. The molecule has 26 heavy (non-hydrogen) atoms. The van der Waals surface area contributed by atoms with Crippen molar-refractivity contribution in [2.24, 2.45) is 5.92 Å². The summed E-state index contributed by atoms with van der Waals surface area (Å²) >= 11 is 0. The lowest BCUT2D eigenvalue weighted by molar-refractivity contribution is -0.116. The maximum absolute atomic E-state index is 12.3. The van der Waals surface area contributed by atoms with Crippen LogP contribution in [0.15, 0.2) is 34.9 Å². The van der Waals surface area contributed by atoms with Crippen molar-refractivity contribution in [3.8, 4) is 0 Å². The summed E-state index contributed by atoms with van der Waals surface area (Å²) in [7, 11) is 0. The topological polar surface area (TPSA) is 55.1 Å².